The van der Waals surface area contributed by atoms with E-state index in [-0.39, 0.29) is 0 Å². The summed E-state index contributed by atoms with van der Waals surface area (Å²) in [5, 5.41) is 7.67. The van der Waals surface area contributed by atoms with Crippen LogP contribution in [0.1, 0.15) is 31.3 Å². The number of hydrogen-bond donors (Lipinski definition) is 1. The first-order chi connectivity index (χ1) is 5.81. The van der Waals surface area contributed by atoms with Crippen LogP contribution in [0.5, 0.6) is 0 Å². The Bertz CT molecular complexity index is 352. The highest BCUT2D eigenvalue weighted by Gasteiger charge is 2.15. The average molecular weight is 198 g/mol. The van der Waals surface area contributed by atoms with Crippen LogP contribution in [-0.2, 0) is 13.5 Å². The van der Waals surface area contributed by atoms with E-state index in [0.717, 1.165) is 6.42 Å². The molecule has 0 amide bonds. The molecule has 0 bridgehead atoms. The lowest BCUT2D eigenvalue weighted by atomic mass is 9.91. The van der Waals surface area contributed by atoms with E-state index in [1.54, 1.807) is 11.3 Å². The maximum absolute atomic E-state index is 7.67. The normalized spacial score (nSPS) is 12.1. The Balaban J connectivity index is 3.04. The lowest BCUT2D eigenvalue weighted by Crippen LogP contribution is -2.10. The van der Waals surface area contributed by atoms with Crippen LogP contribution < -0.4 is 4.80 Å². The highest BCUT2D eigenvalue weighted by molar-refractivity contribution is 7.09. The van der Waals surface area contributed by atoms with Gasteiger partial charge in [-0.05, 0) is 18.8 Å². The van der Waals surface area contributed by atoms with Gasteiger partial charge in [-0.1, -0.05) is 20.8 Å². The Morgan fingerprint density at radius 1 is 1.38 bits per heavy atom. The molecule has 0 radical (unpaired) electrons. The van der Waals surface area contributed by atoms with E-state index in [1.165, 1.54) is 10.6 Å². The van der Waals surface area contributed by atoms with E-state index in [0.29, 0.717) is 10.2 Å². The van der Waals surface area contributed by atoms with Crippen LogP contribution in [0.3, 0.4) is 0 Å². The fourth-order valence-electron chi connectivity index (χ4n) is 1.24. The summed E-state index contributed by atoms with van der Waals surface area (Å²) in [6, 6.07) is 0. The van der Waals surface area contributed by atoms with Gasteiger partial charge < -0.3 is 4.57 Å². The molecule has 1 heterocycles. The molecule has 0 spiro atoms. The zero-order chi connectivity index (χ0) is 10.2. The lowest BCUT2D eigenvalue weighted by molar-refractivity contribution is 0.413. The van der Waals surface area contributed by atoms with Gasteiger partial charge in [0, 0.05) is 17.6 Å². The van der Waals surface area contributed by atoms with Crippen LogP contribution in [0, 0.1) is 17.7 Å². The second kappa shape index (κ2) is 3.29. The van der Waals surface area contributed by atoms with Crippen molar-refractivity contribution < 1.29 is 0 Å². The summed E-state index contributed by atoms with van der Waals surface area (Å²) in [4.78, 5) is 2.00. The summed E-state index contributed by atoms with van der Waals surface area (Å²) < 4.78 is 1.95. The molecule has 0 unspecified atom stereocenters. The molecular weight excluding hydrogens is 180 g/mol. The molecule has 0 saturated carbocycles. The molecule has 0 saturated heterocycles. The highest BCUT2D eigenvalue weighted by atomic mass is 32.1. The Kier molecular flexibility index (Phi) is 2.66. The van der Waals surface area contributed by atoms with Gasteiger partial charge in [-0.15, -0.1) is 11.3 Å². The SMILES string of the molecule is Cc1c(CC(C)(C)C)sc(=N)n1C. The van der Waals surface area contributed by atoms with E-state index in [9.17, 15) is 0 Å². The third-order valence-electron chi connectivity index (χ3n) is 2.12. The van der Waals surface area contributed by atoms with Gasteiger partial charge in [0.15, 0.2) is 4.80 Å². The smallest absolute Gasteiger partial charge is 0.182 e. The maximum atomic E-state index is 7.67. The van der Waals surface area contributed by atoms with Crippen molar-refractivity contribution in [1.29, 1.82) is 5.41 Å². The molecule has 1 aromatic heterocycles. The first-order valence-corrected chi connectivity index (χ1v) is 5.33. The monoisotopic (exact) mass is 198 g/mol. The average Bonchev–Trinajstić information content (AvgIpc) is 2.15. The molecule has 0 aromatic carbocycles. The topological polar surface area (TPSA) is 28.8 Å². The summed E-state index contributed by atoms with van der Waals surface area (Å²) >= 11 is 1.60. The number of hydrogen-bond acceptors (Lipinski definition) is 2. The van der Waals surface area contributed by atoms with Gasteiger partial charge in [-0.25, -0.2) is 0 Å². The summed E-state index contributed by atoms with van der Waals surface area (Å²) in [6.07, 6.45) is 1.07. The quantitative estimate of drug-likeness (QED) is 0.718. The van der Waals surface area contributed by atoms with Gasteiger partial charge in [-0.3, -0.25) is 5.41 Å². The van der Waals surface area contributed by atoms with Gasteiger partial charge in [0.05, 0.1) is 0 Å². The van der Waals surface area contributed by atoms with Gasteiger partial charge in [0.25, 0.3) is 0 Å². The Morgan fingerprint density at radius 3 is 2.23 bits per heavy atom. The zero-order valence-corrected chi connectivity index (χ0v) is 9.88. The van der Waals surface area contributed by atoms with Gasteiger partial charge >= 0.3 is 0 Å². The molecule has 0 aliphatic rings. The van der Waals surface area contributed by atoms with Crippen molar-refractivity contribution in [1.82, 2.24) is 4.57 Å². The predicted molar refractivity (Wildman–Crippen MR) is 57.0 cm³/mol. The van der Waals surface area contributed by atoms with Crippen LogP contribution in [0.15, 0.2) is 0 Å². The number of nitrogens with zero attached hydrogens (tertiary/aromatic N) is 1. The molecular formula is C10H18N2S. The molecule has 0 fully saturated rings. The zero-order valence-electron chi connectivity index (χ0n) is 9.06. The van der Waals surface area contributed by atoms with E-state index in [1.807, 2.05) is 11.6 Å². The van der Waals surface area contributed by atoms with Gasteiger partial charge in [0.1, 0.15) is 0 Å². The summed E-state index contributed by atoms with van der Waals surface area (Å²) in [7, 11) is 1.96. The minimum Gasteiger partial charge on any atom is -0.324 e. The fraction of sp³-hybridized carbons (Fsp3) is 0.700. The Labute approximate surface area is 83.7 Å². The number of aromatic nitrogens is 1. The van der Waals surface area contributed by atoms with Crippen LogP contribution in [-0.4, -0.2) is 4.57 Å². The lowest BCUT2D eigenvalue weighted by Gasteiger charge is -2.17. The third kappa shape index (κ3) is 2.44. The second-order valence-electron chi connectivity index (χ2n) is 4.71. The number of thiazole rings is 1. The van der Waals surface area contributed by atoms with E-state index in [2.05, 4.69) is 27.7 Å². The van der Waals surface area contributed by atoms with Gasteiger partial charge in [0.2, 0.25) is 0 Å². The minimum atomic E-state index is 0.315. The van der Waals surface area contributed by atoms with Gasteiger partial charge in [-0.2, -0.15) is 0 Å². The molecule has 2 nitrogen and oxygen atoms in total. The van der Waals surface area contributed by atoms with Crippen LogP contribution in [0.4, 0.5) is 0 Å². The van der Waals surface area contributed by atoms with E-state index >= 15 is 0 Å². The second-order valence-corrected chi connectivity index (χ2v) is 5.80. The fourth-order valence-corrected chi connectivity index (χ4v) is 2.54. The van der Waals surface area contributed by atoms with Crippen molar-refractivity contribution in [3.05, 3.63) is 15.4 Å². The summed E-state index contributed by atoms with van der Waals surface area (Å²) in [5.74, 6) is 0. The summed E-state index contributed by atoms with van der Waals surface area (Å²) in [5.41, 5.74) is 1.56. The summed E-state index contributed by atoms with van der Waals surface area (Å²) in [6.45, 7) is 8.79. The predicted octanol–water partition coefficient (Wildman–Crippen LogP) is 2.46. The van der Waals surface area contributed by atoms with Crippen molar-refractivity contribution in [2.24, 2.45) is 12.5 Å². The maximum Gasteiger partial charge on any atom is 0.182 e. The van der Waals surface area contributed by atoms with Crippen molar-refractivity contribution in [2.45, 2.75) is 34.1 Å². The van der Waals surface area contributed by atoms with E-state index < -0.39 is 0 Å². The Hall–Kier alpha value is -0.570. The minimum absolute atomic E-state index is 0.315. The van der Waals surface area contributed by atoms with Crippen LogP contribution in [0.2, 0.25) is 0 Å². The molecule has 74 valence electrons. The molecule has 1 aromatic rings. The molecule has 13 heavy (non-hydrogen) atoms. The Morgan fingerprint density at radius 2 is 1.92 bits per heavy atom. The first kappa shape index (κ1) is 10.5. The van der Waals surface area contributed by atoms with Crippen molar-refractivity contribution in [3.63, 3.8) is 0 Å². The first-order valence-electron chi connectivity index (χ1n) is 4.51. The molecule has 1 rings (SSSR count). The molecule has 0 atom stereocenters. The van der Waals surface area contributed by atoms with Crippen molar-refractivity contribution in [3.8, 4) is 0 Å². The van der Waals surface area contributed by atoms with Crippen LogP contribution >= 0.6 is 11.3 Å². The largest absolute Gasteiger partial charge is 0.324 e. The standard InChI is InChI=1S/C10H18N2S/c1-7-8(6-10(2,3)4)13-9(11)12(7)5/h11H,6H2,1-5H3. The van der Waals surface area contributed by atoms with Crippen molar-refractivity contribution >= 4 is 11.3 Å². The molecule has 0 aliphatic heterocycles. The molecule has 1 N–H and O–H groups in total. The number of nitrogens with one attached hydrogen (secondary N) is 1. The van der Waals surface area contributed by atoms with Crippen LogP contribution in [0.25, 0.3) is 0 Å². The number of rotatable bonds is 1. The third-order valence-corrected chi connectivity index (χ3v) is 3.28. The highest BCUT2D eigenvalue weighted by Crippen LogP contribution is 2.24. The molecule has 0 aliphatic carbocycles. The molecule has 3 heteroatoms. The van der Waals surface area contributed by atoms with E-state index in [4.69, 9.17) is 5.41 Å². The van der Waals surface area contributed by atoms with Crippen molar-refractivity contribution in [2.75, 3.05) is 0 Å².